The number of ether oxygens (including phenoxy) is 2. The van der Waals surface area contributed by atoms with E-state index < -0.39 is 0 Å². The van der Waals surface area contributed by atoms with Crippen LogP contribution in [0.3, 0.4) is 0 Å². The van der Waals surface area contributed by atoms with E-state index in [4.69, 9.17) is 9.47 Å². The molecule has 0 spiro atoms. The lowest BCUT2D eigenvalue weighted by Gasteiger charge is -2.23. The highest BCUT2D eigenvalue weighted by molar-refractivity contribution is 5.27. The Morgan fingerprint density at radius 1 is 1.67 bits per heavy atom. The molecule has 1 aliphatic rings. The number of anilines is 1. The van der Waals surface area contributed by atoms with Crippen LogP contribution in [0.5, 0.6) is 0 Å². The molecule has 1 aromatic rings. The van der Waals surface area contributed by atoms with Gasteiger partial charge in [0.25, 0.3) is 0 Å². The van der Waals surface area contributed by atoms with Crippen LogP contribution in [0.15, 0.2) is 12.4 Å². The highest BCUT2D eigenvalue weighted by Crippen LogP contribution is 2.18. The van der Waals surface area contributed by atoms with Crippen LogP contribution in [-0.4, -0.2) is 42.5 Å². The maximum Gasteiger partial charge on any atom is 0.203 e. The molecule has 5 heteroatoms. The Kier molecular flexibility index (Phi) is 5.01. The van der Waals surface area contributed by atoms with Gasteiger partial charge < -0.3 is 19.4 Å². The van der Waals surface area contributed by atoms with Crippen LogP contribution in [-0.2, 0) is 16.0 Å². The maximum absolute atomic E-state index is 5.52. The Balaban J connectivity index is 1.90. The minimum atomic E-state index is 0.263. The second-order valence-electron chi connectivity index (χ2n) is 4.99. The Morgan fingerprint density at radius 2 is 2.56 bits per heavy atom. The van der Waals surface area contributed by atoms with E-state index in [0.717, 1.165) is 25.7 Å². The summed E-state index contributed by atoms with van der Waals surface area (Å²) in [4.78, 5) is 4.36. The predicted octanol–water partition coefficient (Wildman–Crippen LogP) is 1.76. The molecule has 0 aliphatic carbocycles. The maximum atomic E-state index is 5.52. The van der Waals surface area contributed by atoms with Gasteiger partial charge in [-0.25, -0.2) is 4.98 Å². The number of aromatic nitrogens is 2. The number of imidazole rings is 1. The van der Waals surface area contributed by atoms with Crippen molar-refractivity contribution >= 4 is 5.95 Å². The zero-order chi connectivity index (χ0) is 12.8. The van der Waals surface area contributed by atoms with Gasteiger partial charge in [0, 0.05) is 44.6 Å². The van der Waals surface area contributed by atoms with Gasteiger partial charge in [-0.2, -0.15) is 0 Å². The Hall–Kier alpha value is -1.07. The van der Waals surface area contributed by atoms with Gasteiger partial charge in [0.15, 0.2) is 0 Å². The van der Waals surface area contributed by atoms with Gasteiger partial charge in [-0.3, -0.25) is 0 Å². The summed E-state index contributed by atoms with van der Waals surface area (Å²) >= 11 is 0. The molecule has 1 aromatic heterocycles. The van der Waals surface area contributed by atoms with Crippen LogP contribution >= 0.6 is 0 Å². The summed E-state index contributed by atoms with van der Waals surface area (Å²) in [6.45, 7) is 5.52. The van der Waals surface area contributed by atoms with Crippen LogP contribution in [0.25, 0.3) is 0 Å². The molecular weight excluding hydrogens is 230 g/mol. The van der Waals surface area contributed by atoms with E-state index >= 15 is 0 Å². The second-order valence-corrected chi connectivity index (χ2v) is 4.99. The molecule has 102 valence electrons. The number of hydrogen-bond acceptors (Lipinski definition) is 4. The molecule has 0 saturated carbocycles. The molecule has 1 saturated heterocycles. The van der Waals surface area contributed by atoms with Gasteiger partial charge in [-0.15, -0.1) is 0 Å². The third-order valence-electron chi connectivity index (χ3n) is 3.22. The van der Waals surface area contributed by atoms with Gasteiger partial charge >= 0.3 is 0 Å². The summed E-state index contributed by atoms with van der Waals surface area (Å²) in [5.74, 6) is 1.52. The summed E-state index contributed by atoms with van der Waals surface area (Å²) in [5.41, 5.74) is 0. The molecule has 5 nitrogen and oxygen atoms in total. The first-order chi connectivity index (χ1) is 8.79. The molecule has 18 heavy (non-hydrogen) atoms. The van der Waals surface area contributed by atoms with Crippen molar-refractivity contribution in [3.8, 4) is 0 Å². The molecule has 1 fully saturated rings. The van der Waals surface area contributed by atoms with Crippen molar-refractivity contribution in [2.75, 3.05) is 32.2 Å². The highest BCUT2D eigenvalue weighted by Gasteiger charge is 2.16. The largest absolute Gasteiger partial charge is 0.383 e. The lowest BCUT2D eigenvalue weighted by Crippen LogP contribution is -2.26. The topological polar surface area (TPSA) is 48.3 Å². The molecule has 2 unspecified atom stereocenters. The van der Waals surface area contributed by atoms with Gasteiger partial charge in [-0.05, 0) is 19.8 Å². The first-order valence-corrected chi connectivity index (χ1v) is 6.64. The number of methoxy groups -OCH3 is 1. The minimum absolute atomic E-state index is 0.263. The van der Waals surface area contributed by atoms with Gasteiger partial charge in [0.2, 0.25) is 5.95 Å². The molecule has 1 aliphatic heterocycles. The van der Waals surface area contributed by atoms with E-state index in [2.05, 4.69) is 21.8 Å². The van der Waals surface area contributed by atoms with Gasteiger partial charge in [0.1, 0.15) is 0 Å². The van der Waals surface area contributed by atoms with E-state index in [9.17, 15) is 0 Å². The lowest BCUT2D eigenvalue weighted by molar-refractivity contribution is 0.0485. The van der Waals surface area contributed by atoms with Crippen molar-refractivity contribution in [1.82, 2.24) is 9.55 Å². The monoisotopic (exact) mass is 253 g/mol. The van der Waals surface area contributed by atoms with Crippen molar-refractivity contribution < 1.29 is 9.47 Å². The quantitative estimate of drug-likeness (QED) is 0.839. The SMILES string of the molecule is COCC(C)Nc1nccn1CC1CCCOC1. The van der Waals surface area contributed by atoms with Crippen LogP contribution in [0.4, 0.5) is 5.95 Å². The average molecular weight is 253 g/mol. The molecule has 2 atom stereocenters. The van der Waals surface area contributed by atoms with Crippen molar-refractivity contribution in [2.45, 2.75) is 32.4 Å². The van der Waals surface area contributed by atoms with Crippen molar-refractivity contribution in [2.24, 2.45) is 5.92 Å². The Bertz CT molecular complexity index is 348. The van der Waals surface area contributed by atoms with Crippen LogP contribution in [0.2, 0.25) is 0 Å². The molecular formula is C13H23N3O2. The van der Waals surface area contributed by atoms with Gasteiger partial charge in [0.05, 0.1) is 13.2 Å². The molecule has 1 N–H and O–H groups in total. The minimum Gasteiger partial charge on any atom is -0.383 e. The summed E-state index contributed by atoms with van der Waals surface area (Å²) in [6.07, 6.45) is 6.27. The summed E-state index contributed by atoms with van der Waals surface area (Å²) in [6, 6.07) is 0.263. The van der Waals surface area contributed by atoms with E-state index in [1.165, 1.54) is 12.8 Å². The third kappa shape index (κ3) is 3.71. The Morgan fingerprint density at radius 3 is 3.28 bits per heavy atom. The zero-order valence-corrected chi connectivity index (χ0v) is 11.3. The van der Waals surface area contributed by atoms with Crippen LogP contribution in [0, 0.1) is 5.92 Å². The first kappa shape index (κ1) is 13.4. The van der Waals surface area contributed by atoms with Gasteiger partial charge in [-0.1, -0.05) is 0 Å². The van der Waals surface area contributed by atoms with E-state index in [-0.39, 0.29) is 6.04 Å². The molecule has 0 amide bonds. The average Bonchev–Trinajstić information content (AvgIpc) is 2.78. The number of nitrogens with one attached hydrogen (secondary N) is 1. The Labute approximate surface area is 108 Å². The molecule has 0 bridgehead atoms. The smallest absolute Gasteiger partial charge is 0.203 e. The van der Waals surface area contributed by atoms with E-state index in [1.54, 1.807) is 7.11 Å². The fourth-order valence-corrected chi connectivity index (χ4v) is 2.34. The fraction of sp³-hybridized carbons (Fsp3) is 0.769. The molecule has 2 heterocycles. The first-order valence-electron chi connectivity index (χ1n) is 6.64. The van der Waals surface area contributed by atoms with Crippen molar-refractivity contribution in [1.29, 1.82) is 0 Å². The second kappa shape index (κ2) is 6.75. The standard InChI is InChI=1S/C13H23N3O2/c1-11(9-17-2)15-13-14-5-6-16(13)8-12-4-3-7-18-10-12/h5-6,11-12H,3-4,7-10H2,1-2H3,(H,14,15). The number of rotatable bonds is 6. The molecule has 0 aromatic carbocycles. The number of nitrogens with zero attached hydrogens (tertiary/aromatic N) is 2. The summed E-state index contributed by atoms with van der Waals surface area (Å²) in [5, 5.41) is 3.37. The van der Waals surface area contributed by atoms with Crippen LogP contribution < -0.4 is 5.32 Å². The zero-order valence-electron chi connectivity index (χ0n) is 11.3. The molecule has 2 rings (SSSR count). The summed E-state index contributed by atoms with van der Waals surface area (Å²) in [7, 11) is 1.71. The fourth-order valence-electron chi connectivity index (χ4n) is 2.34. The van der Waals surface area contributed by atoms with Crippen LogP contribution in [0.1, 0.15) is 19.8 Å². The predicted molar refractivity (Wildman–Crippen MR) is 70.7 cm³/mol. The van der Waals surface area contributed by atoms with Crippen molar-refractivity contribution in [3.63, 3.8) is 0 Å². The van der Waals surface area contributed by atoms with E-state index in [1.807, 2.05) is 12.4 Å². The highest BCUT2D eigenvalue weighted by atomic mass is 16.5. The lowest BCUT2D eigenvalue weighted by atomic mass is 10.0. The number of hydrogen-bond donors (Lipinski definition) is 1. The molecule has 0 radical (unpaired) electrons. The van der Waals surface area contributed by atoms with Crippen molar-refractivity contribution in [3.05, 3.63) is 12.4 Å². The third-order valence-corrected chi connectivity index (χ3v) is 3.22. The summed E-state index contributed by atoms with van der Waals surface area (Å²) < 4.78 is 12.8. The normalized spacial score (nSPS) is 21.8. The van der Waals surface area contributed by atoms with E-state index in [0.29, 0.717) is 12.5 Å².